The minimum absolute atomic E-state index is 0.598. The molecule has 0 bridgehead atoms. The molecule has 0 amide bonds. The summed E-state index contributed by atoms with van der Waals surface area (Å²) in [7, 11) is 1.61. The van der Waals surface area contributed by atoms with Crippen LogP contribution in [0.25, 0.3) is 0 Å². The van der Waals surface area contributed by atoms with E-state index >= 15 is 0 Å². The highest BCUT2D eigenvalue weighted by Crippen LogP contribution is 2.14. The smallest absolute Gasteiger partial charge is 0.279 e. The van der Waals surface area contributed by atoms with E-state index in [9.17, 15) is 0 Å². The van der Waals surface area contributed by atoms with Gasteiger partial charge in [-0.25, -0.2) is 0 Å². The Balaban J connectivity index is 3.41. The highest BCUT2D eigenvalue weighted by Gasteiger charge is 2.24. The SMILES string of the molecule is CCCCCCCCOC(C)(OC)OCC. The van der Waals surface area contributed by atoms with Crippen molar-refractivity contribution >= 4 is 0 Å². The van der Waals surface area contributed by atoms with E-state index in [1.807, 2.05) is 13.8 Å². The van der Waals surface area contributed by atoms with Crippen LogP contribution in [0, 0.1) is 0 Å². The second-order valence-corrected chi connectivity index (χ2v) is 4.12. The predicted molar refractivity (Wildman–Crippen MR) is 66.4 cm³/mol. The Bertz CT molecular complexity index is 150. The zero-order valence-electron chi connectivity index (χ0n) is 11.4. The first-order valence-corrected chi connectivity index (χ1v) is 6.51. The van der Waals surface area contributed by atoms with Gasteiger partial charge in [0, 0.05) is 20.6 Å². The molecule has 0 aromatic heterocycles. The Labute approximate surface area is 100 Å². The van der Waals surface area contributed by atoms with Gasteiger partial charge in [0.1, 0.15) is 0 Å². The van der Waals surface area contributed by atoms with Crippen LogP contribution in [0.15, 0.2) is 0 Å². The number of rotatable bonds is 11. The van der Waals surface area contributed by atoms with Crippen LogP contribution < -0.4 is 0 Å². The fraction of sp³-hybridized carbons (Fsp3) is 1.00. The van der Waals surface area contributed by atoms with Crippen molar-refractivity contribution in [2.45, 2.75) is 65.3 Å². The standard InChI is InChI=1S/C13H28O3/c1-5-7-8-9-10-11-12-16-13(3,14-4)15-6-2/h5-12H2,1-4H3. The van der Waals surface area contributed by atoms with Gasteiger partial charge in [0.25, 0.3) is 5.97 Å². The second-order valence-electron chi connectivity index (χ2n) is 4.12. The maximum absolute atomic E-state index is 5.58. The molecule has 0 radical (unpaired) electrons. The molecule has 0 fully saturated rings. The fourth-order valence-corrected chi connectivity index (χ4v) is 1.56. The number of ether oxygens (including phenoxy) is 3. The average Bonchev–Trinajstić information content (AvgIpc) is 2.28. The topological polar surface area (TPSA) is 27.7 Å². The lowest BCUT2D eigenvalue weighted by Gasteiger charge is -2.27. The third-order valence-corrected chi connectivity index (χ3v) is 2.64. The van der Waals surface area contributed by atoms with Crippen molar-refractivity contribution in [3.8, 4) is 0 Å². The van der Waals surface area contributed by atoms with E-state index in [4.69, 9.17) is 14.2 Å². The summed E-state index contributed by atoms with van der Waals surface area (Å²) >= 11 is 0. The highest BCUT2D eigenvalue weighted by molar-refractivity contribution is 4.48. The summed E-state index contributed by atoms with van der Waals surface area (Å²) in [6, 6.07) is 0. The van der Waals surface area contributed by atoms with Gasteiger partial charge in [-0.2, -0.15) is 0 Å². The molecule has 0 spiro atoms. The molecule has 0 aliphatic heterocycles. The first-order chi connectivity index (χ1) is 7.68. The molecule has 0 rings (SSSR count). The lowest BCUT2D eigenvalue weighted by molar-refractivity contribution is -0.359. The average molecular weight is 232 g/mol. The van der Waals surface area contributed by atoms with Gasteiger partial charge in [-0.15, -0.1) is 0 Å². The predicted octanol–water partition coefficient (Wildman–Crippen LogP) is 3.72. The van der Waals surface area contributed by atoms with Crippen LogP contribution in [0.5, 0.6) is 0 Å². The molecular formula is C13H28O3. The molecule has 0 N–H and O–H groups in total. The van der Waals surface area contributed by atoms with Crippen LogP contribution in [0.2, 0.25) is 0 Å². The Morgan fingerprint density at radius 1 is 0.875 bits per heavy atom. The molecule has 0 heterocycles. The number of hydrogen-bond donors (Lipinski definition) is 0. The second kappa shape index (κ2) is 10.1. The van der Waals surface area contributed by atoms with Crippen molar-refractivity contribution in [1.29, 1.82) is 0 Å². The van der Waals surface area contributed by atoms with Crippen molar-refractivity contribution in [3.05, 3.63) is 0 Å². The third-order valence-electron chi connectivity index (χ3n) is 2.64. The molecular weight excluding hydrogens is 204 g/mol. The van der Waals surface area contributed by atoms with E-state index in [2.05, 4.69) is 6.92 Å². The third kappa shape index (κ3) is 8.08. The zero-order valence-corrected chi connectivity index (χ0v) is 11.4. The van der Waals surface area contributed by atoms with Crippen LogP contribution in [0.1, 0.15) is 59.3 Å². The molecule has 0 aromatic carbocycles. The molecule has 1 atom stereocenters. The quantitative estimate of drug-likeness (QED) is 0.401. The van der Waals surface area contributed by atoms with E-state index in [0.29, 0.717) is 13.2 Å². The van der Waals surface area contributed by atoms with Gasteiger partial charge in [-0.05, 0) is 13.3 Å². The van der Waals surface area contributed by atoms with Gasteiger partial charge in [0.05, 0.1) is 6.61 Å². The van der Waals surface area contributed by atoms with Gasteiger partial charge in [0.15, 0.2) is 0 Å². The summed E-state index contributed by atoms with van der Waals surface area (Å²) in [6.45, 7) is 7.28. The Hall–Kier alpha value is -0.120. The molecule has 0 saturated heterocycles. The van der Waals surface area contributed by atoms with Gasteiger partial charge < -0.3 is 14.2 Å². The Kier molecular flexibility index (Phi) is 9.99. The summed E-state index contributed by atoms with van der Waals surface area (Å²) in [5.41, 5.74) is 0. The van der Waals surface area contributed by atoms with E-state index in [-0.39, 0.29) is 0 Å². The van der Waals surface area contributed by atoms with Crippen LogP contribution in [-0.2, 0) is 14.2 Å². The van der Waals surface area contributed by atoms with Gasteiger partial charge in [-0.3, -0.25) is 0 Å². The highest BCUT2D eigenvalue weighted by atomic mass is 16.9. The Morgan fingerprint density at radius 3 is 2.06 bits per heavy atom. The molecule has 3 nitrogen and oxygen atoms in total. The lowest BCUT2D eigenvalue weighted by Crippen LogP contribution is -2.34. The number of hydrogen-bond acceptors (Lipinski definition) is 3. The van der Waals surface area contributed by atoms with E-state index in [1.165, 1.54) is 32.1 Å². The summed E-state index contributed by atoms with van der Waals surface area (Å²) < 4.78 is 16.1. The van der Waals surface area contributed by atoms with E-state index in [0.717, 1.165) is 6.42 Å². The summed E-state index contributed by atoms with van der Waals surface area (Å²) in [5, 5.41) is 0. The molecule has 3 heteroatoms. The van der Waals surface area contributed by atoms with Gasteiger partial charge in [0.2, 0.25) is 0 Å². The van der Waals surface area contributed by atoms with Crippen LogP contribution >= 0.6 is 0 Å². The monoisotopic (exact) mass is 232 g/mol. The molecule has 1 unspecified atom stereocenters. The van der Waals surface area contributed by atoms with Gasteiger partial charge >= 0.3 is 0 Å². The fourth-order valence-electron chi connectivity index (χ4n) is 1.56. The maximum Gasteiger partial charge on any atom is 0.279 e. The van der Waals surface area contributed by atoms with Crippen LogP contribution in [0.4, 0.5) is 0 Å². The van der Waals surface area contributed by atoms with Crippen molar-refractivity contribution in [1.82, 2.24) is 0 Å². The van der Waals surface area contributed by atoms with Crippen molar-refractivity contribution < 1.29 is 14.2 Å². The van der Waals surface area contributed by atoms with Crippen molar-refractivity contribution in [2.75, 3.05) is 20.3 Å². The normalized spacial score (nSPS) is 15.0. The maximum atomic E-state index is 5.58. The van der Waals surface area contributed by atoms with Crippen molar-refractivity contribution in [2.24, 2.45) is 0 Å². The minimum Gasteiger partial charge on any atom is -0.331 e. The molecule has 0 aromatic rings. The Morgan fingerprint density at radius 2 is 1.50 bits per heavy atom. The number of methoxy groups -OCH3 is 1. The summed E-state index contributed by atoms with van der Waals surface area (Å²) in [5.74, 6) is -0.863. The van der Waals surface area contributed by atoms with Gasteiger partial charge in [-0.1, -0.05) is 39.0 Å². The zero-order chi connectivity index (χ0) is 12.3. The van der Waals surface area contributed by atoms with Crippen LogP contribution in [0.3, 0.4) is 0 Å². The van der Waals surface area contributed by atoms with E-state index in [1.54, 1.807) is 7.11 Å². The first kappa shape index (κ1) is 15.9. The lowest BCUT2D eigenvalue weighted by atomic mass is 10.1. The largest absolute Gasteiger partial charge is 0.331 e. The van der Waals surface area contributed by atoms with E-state index < -0.39 is 5.97 Å². The molecule has 0 aliphatic rings. The minimum atomic E-state index is -0.863. The molecule has 98 valence electrons. The molecule has 16 heavy (non-hydrogen) atoms. The number of unbranched alkanes of at least 4 members (excludes halogenated alkanes) is 5. The van der Waals surface area contributed by atoms with Crippen LogP contribution in [-0.4, -0.2) is 26.3 Å². The summed E-state index contributed by atoms with van der Waals surface area (Å²) in [6.07, 6.45) is 7.58. The molecule has 0 aliphatic carbocycles. The first-order valence-electron chi connectivity index (χ1n) is 6.51. The van der Waals surface area contributed by atoms with Crippen molar-refractivity contribution in [3.63, 3.8) is 0 Å². The molecule has 0 saturated carbocycles. The summed E-state index contributed by atoms with van der Waals surface area (Å²) in [4.78, 5) is 0.